The summed E-state index contributed by atoms with van der Waals surface area (Å²) in [6, 6.07) is 13.0. The van der Waals surface area contributed by atoms with Crippen LogP contribution in [0.15, 0.2) is 53.4 Å². The number of allylic oxidation sites excluding steroid dienone is 2. The number of anilines is 1. The molecule has 1 aliphatic carbocycles. The Kier molecular flexibility index (Phi) is 4.08. The number of hydrogen-bond donors (Lipinski definition) is 1. The van der Waals surface area contributed by atoms with Crippen LogP contribution in [0.25, 0.3) is 0 Å². The highest BCUT2D eigenvalue weighted by Gasteiger charge is 2.38. The first-order valence-electron chi connectivity index (χ1n) is 7.73. The van der Waals surface area contributed by atoms with Crippen LogP contribution in [0.1, 0.15) is 29.5 Å². The van der Waals surface area contributed by atoms with Gasteiger partial charge in [-0.05, 0) is 54.0 Å². The molecule has 2 aliphatic rings. The number of nitrogens with one attached hydrogen (secondary N) is 1. The molecule has 3 atom stereocenters. The van der Waals surface area contributed by atoms with Crippen LogP contribution in [0.2, 0.25) is 10.0 Å². The fourth-order valence-corrected chi connectivity index (χ4v) is 4.73. The summed E-state index contributed by atoms with van der Waals surface area (Å²) < 4.78 is 0. The number of rotatable bonds is 2. The Labute approximate surface area is 151 Å². The van der Waals surface area contributed by atoms with E-state index in [0.29, 0.717) is 21.9 Å². The van der Waals surface area contributed by atoms with E-state index >= 15 is 0 Å². The molecular formula is C19H17Cl2NS. The van der Waals surface area contributed by atoms with Crippen molar-refractivity contribution in [3.63, 3.8) is 0 Å². The number of fused-ring (bicyclic) bond motifs is 3. The van der Waals surface area contributed by atoms with Crippen LogP contribution in [0.3, 0.4) is 0 Å². The Hall–Kier alpha value is -1.09. The molecule has 1 aliphatic heterocycles. The number of benzene rings is 2. The molecule has 0 fully saturated rings. The van der Waals surface area contributed by atoms with Crippen molar-refractivity contribution in [3.05, 3.63) is 69.7 Å². The minimum Gasteiger partial charge on any atom is -0.376 e. The van der Waals surface area contributed by atoms with Crippen molar-refractivity contribution in [1.29, 1.82) is 0 Å². The van der Waals surface area contributed by atoms with E-state index in [4.69, 9.17) is 23.2 Å². The van der Waals surface area contributed by atoms with Gasteiger partial charge in [-0.2, -0.15) is 0 Å². The molecule has 0 unspecified atom stereocenters. The molecule has 4 heteroatoms. The van der Waals surface area contributed by atoms with Crippen LogP contribution in [-0.2, 0) is 0 Å². The lowest BCUT2D eigenvalue weighted by Crippen LogP contribution is -2.29. The Morgan fingerprint density at radius 3 is 2.65 bits per heavy atom. The van der Waals surface area contributed by atoms with Crippen molar-refractivity contribution in [3.8, 4) is 0 Å². The summed E-state index contributed by atoms with van der Waals surface area (Å²) >= 11 is 14.5. The maximum absolute atomic E-state index is 6.46. The highest BCUT2D eigenvalue weighted by atomic mass is 35.5. The lowest BCUT2D eigenvalue weighted by molar-refractivity contribution is 0.425. The highest BCUT2D eigenvalue weighted by Crippen LogP contribution is 2.52. The SMILES string of the molecule is CSc1ccc([C@@H]2Nc3c(Cl)cc(Cl)cc3[C@@H]3C=CC[C@@H]32)cc1. The molecule has 23 heavy (non-hydrogen) atoms. The monoisotopic (exact) mass is 361 g/mol. The standard InChI is InChI=1S/C19H17Cl2NS/c1-23-13-7-5-11(6-8-13)18-15-4-2-3-14(15)16-9-12(20)10-17(21)19(16)22-18/h2-3,5-10,14-15,18,22H,4H2,1H3/t14-,15+,18+/m1/s1. The number of thioether (sulfide) groups is 1. The zero-order valence-electron chi connectivity index (χ0n) is 12.7. The van der Waals surface area contributed by atoms with Gasteiger partial charge in [0.1, 0.15) is 0 Å². The average Bonchev–Trinajstić information content (AvgIpc) is 3.04. The van der Waals surface area contributed by atoms with Crippen molar-refractivity contribution in [2.24, 2.45) is 5.92 Å². The molecule has 4 rings (SSSR count). The van der Waals surface area contributed by atoms with E-state index < -0.39 is 0 Å². The zero-order chi connectivity index (χ0) is 16.0. The lowest BCUT2D eigenvalue weighted by Gasteiger charge is -2.38. The van der Waals surface area contributed by atoms with Gasteiger partial charge in [-0.3, -0.25) is 0 Å². The second-order valence-corrected chi connectivity index (χ2v) is 7.82. The molecule has 1 heterocycles. The van der Waals surface area contributed by atoms with E-state index in [1.54, 1.807) is 11.8 Å². The summed E-state index contributed by atoms with van der Waals surface area (Å²) in [5.74, 6) is 0.893. The van der Waals surface area contributed by atoms with Crippen LogP contribution in [0.5, 0.6) is 0 Å². The highest BCUT2D eigenvalue weighted by molar-refractivity contribution is 7.98. The maximum Gasteiger partial charge on any atom is 0.0655 e. The average molecular weight is 362 g/mol. The molecule has 2 aromatic rings. The molecule has 0 saturated heterocycles. The van der Waals surface area contributed by atoms with Crippen LogP contribution >= 0.6 is 35.0 Å². The van der Waals surface area contributed by atoms with Crippen LogP contribution in [0.4, 0.5) is 5.69 Å². The maximum atomic E-state index is 6.46. The Bertz CT molecular complexity index is 770. The first-order valence-corrected chi connectivity index (χ1v) is 9.71. The Morgan fingerprint density at radius 2 is 1.91 bits per heavy atom. The van der Waals surface area contributed by atoms with Gasteiger partial charge in [-0.15, -0.1) is 11.8 Å². The fourth-order valence-electron chi connectivity index (χ4n) is 3.76. The van der Waals surface area contributed by atoms with E-state index in [-0.39, 0.29) is 6.04 Å². The topological polar surface area (TPSA) is 12.0 Å². The summed E-state index contributed by atoms with van der Waals surface area (Å²) in [5.41, 5.74) is 3.57. The molecule has 0 radical (unpaired) electrons. The lowest BCUT2D eigenvalue weighted by atomic mass is 9.77. The van der Waals surface area contributed by atoms with E-state index in [9.17, 15) is 0 Å². The van der Waals surface area contributed by atoms with Crippen molar-refractivity contribution >= 4 is 40.7 Å². The van der Waals surface area contributed by atoms with Crippen LogP contribution < -0.4 is 5.32 Å². The van der Waals surface area contributed by atoms with Gasteiger partial charge in [-0.1, -0.05) is 47.5 Å². The van der Waals surface area contributed by atoms with Crippen molar-refractivity contribution < 1.29 is 0 Å². The second kappa shape index (κ2) is 6.08. The largest absolute Gasteiger partial charge is 0.376 e. The van der Waals surface area contributed by atoms with Gasteiger partial charge in [0.05, 0.1) is 16.8 Å². The van der Waals surface area contributed by atoms with E-state index in [1.807, 2.05) is 6.07 Å². The third-order valence-electron chi connectivity index (χ3n) is 4.86. The van der Waals surface area contributed by atoms with Gasteiger partial charge < -0.3 is 5.32 Å². The minimum absolute atomic E-state index is 0.275. The Balaban J connectivity index is 1.78. The molecule has 0 amide bonds. The minimum atomic E-state index is 0.275. The van der Waals surface area contributed by atoms with E-state index in [1.165, 1.54) is 16.0 Å². The predicted molar refractivity (Wildman–Crippen MR) is 101 cm³/mol. The summed E-state index contributed by atoms with van der Waals surface area (Å²) in [7, 11) is 0. The number of halogens is 2. The van der Waals surface area contributed by atoms with Crippen molar-refractivity contribution in [2.45, 2.75) is 23.3 Å². The summed E-state index contributed by atoms with van der Waals surface area (Å²) in [4.78, 5) is 1.29. The zero-order valence-corrected chi connectivity index (χ0v) is 15.1. The molecule has 0 bridgehead atoms. The normalized spacial score (nSPS) is 24.9. The smallest absolute Gasteiger partial charge is 0.0655 e. The molecule has 0 aromatic heterocycles. The van der Waals surface area contributed by atoms with Gasteiger partial charge in [0.2, 0.25) is 0 Å². The summed E-state index contributed by atoms with van der Waals surface area (Å²) in [6.07, 6.45) is 7.77. The quantitative estimate of drug-likeness (QED) is 0.481. The molecule has 118 valence electrons. The third kappa shape index (κ3) is 2.67. The van der Waals surface area contributed by atoms with Gasteiger partial charge in [0.15, 0.2) is 0 Å². The number of hydrogen-bond acceptors (Lipinski definition) is 2. The Morgan fingerprint density at radius 1 is 1.13 bits per heavy atom. The second-order valence-electron chi connectivity index (χ2n) is 6.10. The third-order valence-corrected chi connectivity index (χ3v) is 6.12. The van der Waals surface area contributed by atoms with E-state index in [0.717, 1.165) is 12.1 Å². The van der Waals surface area contributed by atoms with Gasteiger partial charge in [0.25, 0.3) is 0 Å². The van der Waals surface area contributed by atoms with Gasteiger partial charge in [-0.25, -0.2) is 0 Å². The summed E-state index contributed by atoms with van der Waals surface area (Å²) in [6.45, 7) is 0. The van der Waals surface area contributed by atoms with Crippen LogP contribution in [0, 0.1) is 5.92 Å². The van der Waals surface area contributed by atoms with Crippen molar-refractivity contribution in [1.82, 2.24) is 0 Å². The van der Waals surface area contributed by atoms with Gasteiger partial charge >= 0.3 is 0 Å². The fraction of sp³-hybridized carbons (Fsp3) is 0.263. The first-order chi connectivity index (χ1) is 11.2. The van der Waals surface area contributed by atoms with Crippen molar-refractivity contribution in [2.75, 3.05) is 11.6 Å². The summed E-state index contributed by atoms with van der Waals surface area (Å²) in [5, 5.41) is 5.09. The van der Waals surface area contributed by atoms with Gasteiger partial charge in [0, 0.05) is 15.8 Å². The molecule has 2 aromatic carbocycles. The first kappa shape index (κ1) is 15.4. The van der Waals surface area contributed by atoms with E-state index in [2.05, 4.69) is 54.1 Å². The predicted octanol–water partition coefficient (Wildman–Crippen LogP) is 6.54. The molecule has 0 spiro atoms. The van der Waals surface area contributed by atoms with Crippen LogP contribution in [-0.4, -0.2) is 6.26 Å². The molecule has 1 nitrogen and oxygen atoms in total. The molecular weight excluding hydrogens is 345 g/mol. The molecule has 0 saturated carbocycles. The molecule has 1 N–H and O–H groups in total.